The lowest BCUT2D eigenvalue weighted by Crippen LogP contribution is -2.16. The van der Waals surface area contributed by atoms with Gasteiger partial charge in [-0.3, -0.25) is 0 Å². The smallest absolute Gasteiger partial charge is 0.147 e. The van der Waals surface area contributed by atoms with Crippen molar-refractivity contribution in [1.29, 1.82) is 0 Å². The Morgan fingerprint density at radius 1 is 1.05 bits per heavy atom. The summed E-state index contributed by atoms with van der Waals surface area (Å²) in [5, 5.41) is 9.20. The van der Waals surface area contributed by atoms with Gasteiger partial charge < -0.3 is 14.6 Å². The molecule has 1 N–H and O–H groups in total. The Kier molecular flexibility index (Phi) is 7.79. The highest BCUT2D eigenvalue weighted by Crippen LogP contribution is 2.34. The zero-order valence-electron chi connectivity index (χ0n) is 12.9. The quantitative estimate of drug-likeness (QED) is 0.527. The van der Waals surface area contributed by atoms with Crippen LogP contribution >= 0.6 is 0 Å². The molecule has 1 aliphatic carbocycles. The van der Waals surface area contributed by atoms with Crippen molar-refractivity contribution in [1.82, 2.24) is 0 Å². The van der Waals surface area contributed by atoms with E-state index in [4.69, 9.17) is 9.47 Å². The van der Waals surface area contributed by atoms with Crippen LogP contribution in [0.25, 0.3) is 0 Å². The van der Waals surface area contributed by atoms with Crippen LogP contribution in [0, 0.1) is 11.8 Å². The van der Waals surface area contributed by atoms with Gasteiger partial charge in [-0.25, -0.2) is 0 Å². The number of hydrogen-bond acceptors (Lipinski definition) is 3. The Hall–Kier alpha value is -0.900. The van der Waals surface area contributed by atoms with Gasteiger partial charge in [-0.1, -0.05) is 56.0 Å². The van der Waals surface area contributed by atoms with E-state index in [1.165, 1.54) is 31.2 Å². The van der Waals surface area contributed by atoms with E-state index in [0.717, 1.165) is 25.4 Å². The highest BCUT2D eigenvalue weighted by Gasteiger charge is 2.24. The topological polar surface area (TPSA) is 38.7 Å². The fraction of sp³-hybridized carbons (Fsp3) is 0.667. The normalized spacial score (nSPS) is 17.2. The van der Waals surface area contributed by atoms with E-state index in [1.54, 1.807) is 0 Å². The first-order valence-electron chi connectivity index (χ1n) is 8.20. The van der Waals surface area contributed by atoms with Crippen molar-refractivity contribution in [3.05, 3.63) is 35.9 Å². The van der Waals surface area contributed by atoms with E-state index in [0.29, 0.717) is 25.9 Å². The van der Waals surface area contributed by atoms with E-state index in [2.05, 4.69) is 12.1 Å². The van der Waals surface area contributed by atoms with Gasteiger partial charge in [-0.05, 0) is 30.2 Å². The Balaban J connectivity index is 1.55. The monoisotopic (exact) mass is 292 g/mol. The molecule has 1 aromatic rings. The summed E-state index contributed by atoms with van der Waals surface area (Å²) >= 11 is 0. The third-order valence-corrected chi connectivity index (χ3v) is 4.48. The van der Waals surface area contributed by atoms with E-state index in [-0.39, 0.29) is 0 Å². The molecule has 0 aromatic heterocycles. The zero-order valence-corrected chi connectivity index (χ0v) is 12.9. The Morgan fingerprint density at radius 2 is 1.81 bits per heavy atom. The Labute approximate surface area is 128 Å². The van der Waals surface area contributed by atoms with Crippen LogP contribution in [0.1, 0.15) is 44.1 Å². The van der Waals surface area contributed by atoms with E-state index in [1.807, 2.05) is 18.2 Å². The molecule has 3 heteroatoms. The van der Waals surface area contributed by atoms with Gasteiger partial charge in [0, 0.05) is 13.2 Å². The van der Waals surface area contributed by atoms with Crippen molar-refractivity contribution >= 4 is 0 Å². The fourth-order valence-corrected chi connectivity index (χ4v) is 3.30. The lowest BCUT2D eigenvalue weighted by atomic mass is 9.86. The SMILES string of the molecule is OCCC(CCOCOCc1ccccc1)C1CCCC1. The summed E-state index contributed by atoms with van der Waals surface area (Å²) < 4.78 is 11.1. The van der Waals surface area contributed by atoms with Crippen LogP contribution in [0.5, 0.6) is 0 Å². The van der Waals surface area contributed by atoms with Gasteiger partial charge in [-0.2, -0.15) is 0 Å². The van der Waals surface area contributed by atoms with Crippen molar-refractivity contribution in [2.75, 3.05) is 20.0 Å². The van der Waals surface area contributed by atoms with Gasteiger partial charge in [0.1, 0.15) is 6.79 Å². The molecular weight excluding hydrogens is 264 g/mol. The maximum absolute atomic E-state index is 9.20. The molecular formula is C18H28O3. The van der Waals surface area contributed by atoms with Crippen LogP contribution in [-0.2, 0) is 16.1 Å². The number of hydrogen-bond donors (Lipinski definition) is 1. The van der Waals surface area contributed by atoms with Gasteiger partial charge in [-0.15, -0.1) is 0 Å². The summed E-state index contributed by atoms with van der Waals surface area (Å²) in [5.74, 6) is 1.41. The molecule has 0 radical (unpaired) electrons. The number of rotatable bonds is 10. The lowest BCUT2D eigenvalue weighted by molar-refractivity contribution is -0.0662. The van der Waals surface area contributed by atoms with Crippen LogP contribution in [0.3, 0.4) is 0 Å². The summed E-state index contributed by atoms with van der Waals surface area (Å²) in [6, 6.07) is 10.1. The fourth-order valence-electron chi connectivity index (χ4n) is 3.30. The highest BCUT2D eigenvalue weighted by atomic mass is 16.7. The molecule has 1 fully saturated rings. The standard InChI is InChI=1S/C18H28O3/c19-12-10-18(17-8-4-5-9-17)11-13-20-15-21-14-16-6-2-1-3-7-16/h1-3,6-7,17-19H,4-5,8-15H2. The summed E-state index contributed by atoms with van der Waals surface area (Å²) in [6.07, 6.45) is 7.32. The maximum Gasteiger partial charge on any atom is 0.147 e. The second-order valence-electron chi connectivity index (χ2n) is 5.97. The molecule has 0 saturated heterocycles. The first-order valence-corrected chi connectivity index (χ1v) is 8.20. The summed E-state index contributed by atoms with van der Waals surface area (Å²) in [5.41, 5.74) is 1.17. The molecule has 0 amide bonds. The van der Waals surface area contributed by atoms with Gasteiger partial charge in [0.2, 0.25) is 0 Å². The molecule has 0 heterocycles. The average molecular weight is 292 g/mol. The predicted molar refractivity (Wildman–Crippen MR) is 83.8 cm³/mol. The maximum atomic E-state index is 9.20. The molecule has 1 aliphatic rings. The van der Waals surface area contributed by atoms with Crippen LogP contribution in [-0.4, -0.2) is 25.1 Å². The minimum atomic E-state index is 0.297. The van der Waals surface area contributed by atoms with Crippen molar-refractivity contribution in [2.45, 2.75) is 45.1 Å². The molecule has 3 nitrogen and oxygen atoms in total. The van der Waals surface area contributed by atoms with Crippen LogP contribution in [0.15, 0.2) is 30.3 Å². The van der Waals surface area contributed by atoms with Crippen LogP contribution in [0.4, 0.5) is 0 Å². The molecule has 1 saturated carbocycles. The molecule has 0 aliphatic heterocycles. The first kappa shape index (κ1) is 16.5. The molecule has 21 heavy (non-hydrogen) atoms. The summed E-state index contributed by atoms with van der Waals surface area (Å²) in [4.78, 5) is 0. The molecule has 1 aromatic carbocycles. The molecule has 1 unspecified atom stereocenters. The Morgan fingerprint density at radius 3 is 2.52 bits per heavy atom. The Bertz CT molecular complexity index is 360. The predicted octanol–water partition coefficient (Wildman–Crippen LogP) is 3.76. The molecule has 0 spiro atoms. The molecule has 2 rings (SSSR count). The van der Waals surface area contributed by atoms with Gasteiger partial charge in [0.05, 0.1) is 6.61 Å². The van der Waals surface area contributed by atoms with Crippen molar-refractivity contribution in [2.24, 2.45) is 11.8 Å². The average Bonchev–Trinajstić information content (AvgIpc) is 3.05. The van der Waals surface area contributed by atoms with Gasteiger partial charge >= 0.3 is 0 Å². The minimum absolute atomic E-state index is 0.297. The van der Waals surface area contributed by atoms with Gasteiger partial charge in [0.15, 0.2) is 0 Å². The van der Waals surface area contributed by atoms with E-state index in [9.17, 15) is 5.11 Å². The van der Waals surface area contributed by atoms with Crippen molar-refractivity contribution < 1.29 is 14.6 Å². The van der Waals surface area contributed by atoms with E-state index < -0.39 is 0 Å². The van der Waals surface area contributed by atoms with Crippen molar-refractivity contribution in [3.63, 3.8) is 0 Å². The minimum Gasteiger partial charge on any atom is -0.396 e. The molecule has 0 bridgehead atoms. The molecule has 118 valence electrons. The highest BCUT2D eigenvalue weighted by molar-refractivity contribution is 5.13. The summed E-state index contributed by atoms with van der Waals surface area (Å²) in [7, 11) is 0. The first-order chi connectivity index (χ1) is 10.4. The van der Waals surface area contributed by atoms with Gasteiger partial charge in [0.25, 0.3) is 0 Å². The number of benzene rings is 1. The lowest BCUT2D eigenvalue weighted by Gasteiger charge is -2.22. The number of ether oxygens (including phenoxy) is 2. The molecule has 1 atom stereocenters. The van der Waals surface area contributed by atoms with Crippen LogP contribution in [0.2, 0.25) is 0 Å². The van der Waals surface area contributed by atoms with E-state index >= 15 is 0 Å². The number of aliphatic hydroxyl groups is 1. The second-order valence-corrected chi connectivity index (χ2v) is 5.97. The third kappa shape index (κ3) is 6.16. The largest absolute Gasteiger partial charge is 0.396 e. The second kappa shape index (κ2) is 9.93. The summed E-state index contributed by atoms with van der Waals surface area (Å²) in [6.45, 7) is 1.98. The van der Waals surface area contributed by atoms with Crippen LogP contribution < -0.4 is 0 Å². The third-order valence-electron chi connectivity index (χ3n) is 4.48. The number of aliphatic hydroxyl groups excluding tert-OH is 1. The van der Waals surface area contributed by atoms with Crippen molar-refractivity contribution in [3.8, 4) is 0 Å². The zero-order chi connectivity index (χ0) is 14.8.